The fraction of sp³-hybridized carbons (Fsp3) is 0.462. The van der Waals surface area contributed by atoms with Gasteiger partial charge < -0.3 is 16.2 Å². The molecule has 1 rings (SSSR count). The van der Waals surface area contributed by atoms with Crippen LogP contribution in [0.2, 0.25) is 0 Å². The smallest absolute Gasteiger partial charge is 0.237 e. The van der Waals surface area contributed by atoms with E-state index in [-0.39, 0.29) is 23.6 Å². The molecule has 0 bridgehead atoms. The van der Waals surface area contributed by atoms with Crippen LogP contribution in [-0.2, 0) is 11.3 Å². The van der Waals surface area contributed by atoms with Gasteiger partial charge in [0.05, 0.1) is 6.04 Å². The van der Waals surface area contributed by atoms with Gasteiger partial charge in [-0.2, -0.15) is 0 Å². The summed E-state index contributed by atoms with van der Waals surface area (Å²) in [6.45, 7) is 6.03. The van der Waals surface area contributed by atoms with Crippen molar-refractivity contribution in [1.29, 1.82) is 0 Å². The number of phenols is 1. The molecule has 4 nitrogen and oxygen atoms in total. The lowest BCUT2D eigenvalue weighted by molar-refractivity contribution is -0.124. The van der Waals surface area contributed by atoms with Crippen LogP contribution in [0.5, 0.6) is 5.75 Å². The fourth-order valence-electron chi connectivity index (χ4n) is 1.35. The second kappa shape index (κ2) is 5.19. The Balaban J connectivity index is 2.58. The molecule has 1 unspecified atom stereocenters. The molecular weight excluding hydrogens is 216 g/mol. The highest BCUT2D eigenvalue weighted by molar-refractivity contribution is 5.82. The van der Waals surface area contributed by atoms with Crippen molar-refractivity contribution in [2.75, 3.05) is 0 Å². The van der Waals surface area contributed by atoms with Gasteiger partial charge in [0.15, 0.2) is 0 Å². The predicted octanol–water partition coefficient (Wildman–Crippen LogP) is 1.38. The van der Waals surface area contributed by atoms with Crippen molar-refractivity contribution in [1.82, 2.24) is 5.32 Å². The largest absolute Gasteiger partial charge is 0.508 e. The maximum absolute atomic E-state index is 11.8. The molecule has 0 aliphatic heterocycles. The first-order valence-electron chi connectivity index (χ1n) is 5.62. The van der Waals surface area contributed by atoms with Crippen molar-refractivity contribution in [3.63, 3.8) is 0 Å². The van der Waals surface area contributed by atoms with Gasteiger partial charge in [0.2, 0.25) is 5.91 Å². The molecule has 0 saturated heterocycles. The molecule has 94 valence electrons. The Bertz CT molecular complexity index is 397. The topological polar surface area (TPSA) is 75.4 Å². The number of para-hydroxylation sites is 1. The minimum absolute atomic E-state index is 0.178. The highest BCUT2D eigenvalue weighted by atomic mass is 16.3. The van der Waals surface area contributed by atoms with Crippen LogP contribution in [0.15, 0.2) is 24.3 Å². The molecule has 1 amide bonds. The van der Waals surface area contributed by atoms with Crippen molar-refractivity contribution in [2.45, 2.75) is 33.4 Å². The van der Waals surface area contributed by atoms with Gasteiger partial charge in [0, 0.05) is 12.1 Å². The van der Waals surface area contributed by atoms with Gasteiger partial charge in [-0.15, -0.1) is 0 Å². The fourth-order valence-corrected chi connectivity index (χ4v) is 1.35. The number of hydrogen-bond donors (Lipinski definition) is 3. The molecule has 0 aliphatic carbocycles. The van der Waals surface area contributed by atoms with Crippen LogP contribution in [0, 0.1) is 5.41 Å². The molecule has 4 N–H and O–H groups in total. The van der Waals surface area contributed by atoms with Gasteiger partial charge in [-0.05, 0) is 11.5 Å². The van der Waals surface area contributed by atoms with E-state index < -0.39 is 6.04 Å². The SMILES string of the molecule is CC(C)(C)C(N)C(=O)NCc1ccccc1O. The molecule has 1 aromatic carbocycles. The molecule has 4 heteroatoms. The molecule has 1 atom stereocenters. The van der Waals surface area contributed by atoms with Gasteiger partial charge >= 0.3 is 0 Å². The van der Waals surface area contributed by atoms with Gasteiger partial charge in [-0.25, -0.2) is 0 Å². The van der Waals surface area contributed by atoms with Crippen molar-refractivity contribution in [3.8, 4) is 5.75 Å². The Morgan fingerprint density at radius 3 is 2.53 bits per heavy atom. The van der Waals surface area contributed by atoms with Crippen LogP contribution in [0.1, 0.15) is 26.3 Å². The Hall–Kier alpha value is -1.55. The molecule has 0 aliphatic rings. The lowest BCUT2D eigenvalue weighted by Gasteiger charge is -2.25. The zero-order chi connectivity index (χ0) is 13.1. The van der Waals surface area contributed by atoms with Crippen molar-refractivity contribution >= 4 is 5.91 Å². The maximum atomic E-state index is 11.8. The molecule has 17 heavy (non-hydrogen) atoms. The number of carbonyl (C=O) groups is 1. The normalized spacial score (nSPS) is 13.2. The Kier molecular flexibility index (Phi) is 4.12. The first-order chi connectivity index (χ1) is 7.82. The zero-order valence-electron chi connectivity index (χ0n) is 10.5. The van der Waals surface area contributed by atoms with E-state index in [1.54, 1.807) is 18.2 Å². The third kappa shape index (κ3) is 3.75. The van der Waals surface area contributed by atoms with Crippen molar-refractivity contribution < 1.29 is 9.90 Å². The summed E-state index contributed by atoms with van der Waals surface area (Å²) in [6, 6.07) is 6.34. The number of nitrogens with one attached hydrogen (secondary N) is 1. The number of benzene rings is 1. The second-order valence-corrected chi connectivity index (χ2v) is 5.19. The monoisotopic (exact) mass is 236 g/mol. The molecule has 0 fully saturated rings. The van der Waals surface area contributed by atoms with Gasteiger partial charge in [0.1, 0.15) is 5.75 Å². The quantitative estimate of drug-likeness (QED) is 0.742. The maximum Gasteiger partial charge on any atom is 0.237 e. The first-order valence-corrected chi connectivity index (χ1v) is 5.62. The number of rotatable bonds is 3. The first kappa shape index (κ1) is 13.5. The minimum atomic E-state index is -0.562. The summed E-state index contributed by atoms with van der Waals surface area (Å²) in [4.78, 5) is 11.8. The van der Waals surface area contributed by atoms with Gasteiger partial charge in [-0.1, -0.05) is 39.0 Å². The van der Waals surface area contributed by atoms with Crippen LogP contribution in [0.25, 0.3) is 0 Å². The third-order valence-corrected chi connectivity index (χ3v) is 2.66. The molecular formula is C13H20N2O2. The number of nitrogens with two attached hydrogens (primary N) is 1. The average molecular weight is 236 g/mol. The highest BCUT2D eigenvalue weighted by Gasteiger charge is 2.27. The predicted molar refractivity (Wildman–Crippen MR) is 67.4 cm³/mol. The Labute approximate surface area is 102 Å². The standard InChI is InChI=1S/C13H20N2O2/c1-13(2,3)11(14)12(17)15-8-9-6-4-5-7-10(9)16/h4-7,11,16H,8,14H2,1-3H3,(H,15,17). The number of amides is 1. The van der Waals surface area contributed by atoms with E-state index in [0.717, 1.165) is 0 Å². The number of aromatic hydroxyl groups is 1. The number of phenolic OH excluding ortho intramolecular Hbond substituents is 1. The van der Waals surface area contributed by atoms with Crippen LogP contribution in [-0.4, -0.2) is 17.1 Å². The Morgan fingerprint density at radius 2 is 2.00 bits per heavy atom. The van der Waals surface area contributed by atoms with Crippen LogP contribution >= 0.6 is 0 Å². The summed E-state index contributed by atoms with van der Waals surface area (Å²) in [5.41, 5.74) is 6.23. The summed E-state index contributed by atoms with van der Waals surface area (Å²) in [5, 5.41) is 12.3. The molecule has 0 heterocycles. The molecule has 0 spiro atoms. The van der Waals surface area contributed by atoms with E-state index in [2.05, 4.69) is 5.32 Å². The van der Waals surface area contributed by atoms with E-state index in [1.165, 1.54) is 0 Å². The van der Waals surface area contributed by atoms with Crippen molar-refractivity contribution in [3.05, 3.63) is 29.8 Å². The van der Waals surface area contributed by atoms with E-state index >= 15 is 0 Å². The van der Waals surface area contributed by atoms with Gasteiger partial charge in [0.25, 0.3) is 0 Å². The third-order valence-electron chi connectivity index (χ3n) is 2.66. The summed E-state index contributed by atoms with van der Waals surface area (Å²) in [6.07, 6.45) is 0. The summed E-state index contributed by atoms with van der Waals surface area (Å²) in [5.74, 6) is -0.0297. The summed E-state index contributed by atoms with van der Waals surface area (Å²) >= 11 is 0. The van der Waals surface area contributed by atoms with Crippen LogP contribution in [0.4, 0.5) is 0 Å². The Morgan fingerprint density at radius 1 is 1.41 bits per heavy atom. The lowest BCUT2D eigenvalue weighted by Crippen LogP contribution is -2.48. The van der Waals surface area contributed by atoms with E-state index in [9.17, 15) is 9.90 Å². The number of carbonyl (C=O) groups excluding carboxylic acids is 1. The minimum Gasteiger partial charge on any atom is -0.508 e. The van der Waals surface area contributed by atoms with E-state index in [1.807, 2.05) is 26.8 Å². The average Bonchev–Trinajstić information content (AvgIpc) is 2.25. The second-order valence-electron chi connectivity index (χ2n) is 5.19. The highest BCUT2D eigenvalue weighted by Crippen LogP contribution is 2.18. The number of hydrogen-bond acceptors (Lipinski definition) is 3. The van der Waals surface area contributed by atoms with Crippen molar-refractivity contribution in [2.24, 2.45) is 11.1 Å². The lowest BCUT2D eigenvalue weighted by atomic mass is 9.87. The summed E-state index contributed by atoms with van der Waals surface area (Å²) in [7, 11) is 0. The van der Waals surface area contributed by atoms with E-state index in [4.69, 9.17) is 5.73 Å². The van der Waals surface area contributed by atoms with E-state index in [0.29, 0.717) is 5.56 Å². The van der Waals surface area contributed by atoms with Gasteiger partial charge in [-0.3, -0.25) is 4.79 Å². The molecule has 0 saturated carbocycles. The summed E-state index contributed by atoms with van der Waals surface area (Å²) < 4.78 is 0. The molecule has 0 aromatic heterocycles. The molecule has 1 aromatic rings. The molecule has 0 radical (unpaired) electrons. The zero-order valence-corrected chi connectivity index (χ0v) is 10.5. The van der Waals surface area contributed by atoms with Crippen LogP contribution in [0.3, 0.4) is 0 Å². The van der Waals surface area contributed by atoms with Crippen LogP contribution < -0.4 is 11.1 Å².